The van der Waals surface area contributed by atoms with Crippen LogP contribution in [0.4, 0.5) is 0 Å². The summed E-state index contributed by atoms with van der Waals surface area (Å²) in [4.78, 5) is 31.9. The van der Waals surface area contributed by atoms with Crippen molar-refractivity contribution in [3.8, 4) is 5.75 Å². The number of hydrogen-bond donors (Lipinski definition) is 1. The Hall–Kier alpha value is -3.10. The van der Waals surface area contributed by atoms with Crippen molar-refractivity contribution in [2.24, 2.45) is 0 Å². The van der Waals surface area contributed by atoms with E-state index in [9.17, 15) is 9.59 Å². The van der Waals surface area contributed by atoms with Gasteiger partial charge in [-0.05, 0) is 43.3 Å². The van der Waals surface area contributed by atoms with Crippen LogP contribution >= 0.6 is 11.6 Å². The number of halogens is 1. The minimum absolute atomic E-state index is 0.00213. The van der Waals surface area contributed by atoms with Gasteiger partial charge in [0.15, 0.2) is 6.61 Å². The number of para-hydroxylation sites is 2. The molecule has 0 saturated carbocycles. The molecular weight excluding hydrogens is 432 g/mol. The zero-order valence-electron chi connectivity index (χ0n) is 17.8. The molecule has 2 amide bonds. The molecule has 0 bridgehead atoms. The molecular formula is C23H25ClN4O4. The maximum absolute atomic E-state index is 12.9. The number of fused-ring (bicyclic) bond motifs is 1. The number of aromatic nitrogens is 2. The van der Waals surface area contributed by atoms with E-state index in [0.717, 1.165) is 11.0 Å². The standard InChI is InChI=1S/C23H25ClN4O4/c1-16(25-21(29)15-32-18-8-6-17(24)7-9-18)23-26-19-4-2-3-5-20(19)28(23)14-22(30)27-10-12-31-13-11-27/h2-9,16H,10-15H2,1H3,(H,25,29). The summed E-state index contributed by atoms with van der Waals surface area (Å²) < 4.78 is 12.7. The summed E-state index contributed by atoms with van der Waals surface area (Å²) in [7, 11) is 0. The number of rotatable bonds is 7. The summed E-state index contributed by atoms with van der Waals surface area (Å²) in [6.45, 7) is 4.10. The fourth-order valence-corrected chi connectivity index (χ4v) is 3.79. The molecule has 1 atom stereocenters. The summed E-state index contributed by atoms with van der Waals surface area (Å²) in [5.74, 6) is 0.890. The summed E-state index contributed by atoms with van der Waals surface area (Å²) in [5, 5.41) is 3.51. The van der Waals surface area contributed by atoms with Crippen LogP contribution in [0.3, 0.4) is 0 Å². The van der Waals surface area contributed by atoms with Gasteiger partial charge in [0.05, 0.1) is 30.3 Å². The fourth-order valence-electron chi connectivity index (χ4n) is 3.67. The average Bonchev–Trinajstić information content (AvgIpc) is 3.18. The van der Waals surface area contributed by atoms with Gasteiger partial charge >= 0.3 is 0 Å². The molecule has 9 heteroatoms. The Morgan fingerprint density at radius 3 is 2.62 bits per heavy atom. The first-order chi connectivity index (χ1) is 15.5. The van der Waals surface area contributed by atoms with Crippen molar-refractivity contribution in [3.05, 3.63) is 59.4 Å². The Balaban J connectivity index is 1.47. The number of imidazole rings is 1. The summed E-state index contributed by atoms with van der Waals surface area (Å²) >= 11 is 5.87. The molecule has 1 fully saturated rings. The van der Waals surface area contributed by atoms with Gasteiger partial charge in [-0.15, -0.1) is 0 Å². The van der Waals surface area contributed by atoms with Gasteiger partial charge in [0.25, 0.3) is 5.91 Å². The minimum atomic E-state index is -0.416. The highest BCUT2D eigenvalue weighted by atomic mass is 35.5. The van der Waals surface area contributed by atoms with Crippen LogP contribution in [-0.4, -0.2) is 59.2 Å². The zero-order valence-corrected chi connectivity index (χ0v) is 18.5. The van der Waals surface area contributed by atoms with E-state index in [0.29, 0.717) is 42.9 Å². The third-order valence-electron chi connectivity index (χ3n) is 5.29. The van der Waals surface area contributed by atoms with Crippen LogP contribution in [-0.2, 0) is 20.9 Å². The molecule has 8 nitrogen and oxygen atoms in total. The van der Waals surface area contributed by atoms with E-state index in [1.807, 2.05) is 35.8 Å². The molecule has 0 spiro atoms. The second-order valence-electron chi connectivity index (χ2n) is 7.57. The molecule has 1 aliphatic heterocycles. The normalized spacial score (nSPS) is 14.9. The number of hydrogen-bond acceptors (Lipinski definition) is 5. The lowest BCUT2D eigenvalue weighted by Crippen LogP contribution is -2.42. The summed E-state index contributed by atoms with van der Waals surface area (Å²) in [5.41, 5.74) is 1.62. The van der Waals surface area contributed by atoms with Gasteiger partial charge in [-0.2, -0.15) is 0 Å². The molecule has 0 radical (unpaired) electrons. The molecule has 0 aliphatic carbocycles. The SMILES string of the molecule is CC(NC(=O)COc1ccc(Cl)cc1)c1nc2ccccc2n1CC(=O)N1CCOCC1. The van der Waals surface area contributed by atoms with Gasteiger partial charge in [0.2, 0.25) is 5.91 Å². The van der Waals surface area contributed by atoms with Crippen LogP contribution in [0.1, 0.15) is 18.8 Å². The van der Waals surface area contributed by atoms with Crippen molar-refractivity contribution in [2.75, 3.05) is 32.9 Å². The fraction of sp³-hybridized carbons (Fsp3) is 0.348. The Morgan fingerprint density at radius 2 is 1.88 bits per heavy atom. The van der Waals surface area contributed by atoms with Crippen molar-refractivity contribution in [2.45, 2.75) is 19.5 Å². The van der Waals surface area contributed by atoms with E-state index in [1.165, 1.54) is 0 Å². The van der Waals surface area contributed by atoms with E-state index >= 15 is 0 Å². The first-order valence-corrected chi connectivity index (χ1v) is 10.9. The van der Waals surface area contributed by atoms with Crippen molar-refractivity contribution < 1.29 is 19.1 Å². The lowest BCUT2D eigenvalue weighted by atomic mass is 10.3. The quantitative estimate of drug-likeness (QED) is 0.591. The Bertz CT molecular complexity index is 1090. The molecule has 2 heterocycles. The number of nitrogens with zero attached hydrogens (tertiary/aromatic N) is 3. The predicted molar refractivity (Wildman–Crippen MR) is 121 cm³/mol. The summed E-state index contributed by atoms with van der Waals surface area (Å²) in [6, 6.07) is 14.0. The number of nitrogens with one attached hydrogen (secondary N) is 1. The van der Waals surface area contributed by atoms with E-state index in [1.54, 1.807) is 29.2 Å². The smallest absolute Gasteiger partial charge is 0.258 e. The first kappa shape index (κ1) is 22.1. The van der Waals surface area contributed by atoms with Crippen LogP contribution in [0, 0.1) is 0 Å². The average molecular weight is 457 g/mol. The van der Waals surface area contributed by atoms with E-state index in [4.69, 9.17) is 21.1 Å². The second kappa shape index (κ2) is 10.0. The predicted octanol–water partition coefficient (Wildman–Crippen LogP) is 2.80. The monoisotopic (exact) mass is 456 g/mol. The summed E-state index contributed by atoms with van der Waals surface area (Å²) in [6.07, 6.45) is 0. The lowest BCUT2D eigenvalue weighted by molar-refractivity contribution is -0.135. The van der Waals surface area contributed by atoms with Gasteiger partial charge in [-0.25, -0.2) is 4.98 Å². The van der Waals surface area contributed by atoms with Crippen LogP contribution in [0.25, 0.3) is 11.0 Å². The number of morpholine rings is 1. The van der Waals surface area contributed by atoms with E-state index < -0.39 is 6.04 Å². The Labute approximate surface area is 191 Å². The third-order valence-corrected chi connectivity index (χ3v) is 5.54. The van der Waals surface area contributed by atoms with Crippen LogP contribution in [0.5, 0.6) is 5.75 Å². The van der Waals surface area contributed by atoms with Gasteiger partial charge < -0.3 is 24.3 Å². The van der Waals surface area contributed by atoms with Crippen molar-refractivity contribution >= 4 is 34.4 Å². The number of amides is 2. The van der Waals surface area contributed by atoms with E-state index in [-0.39, 0.29) is 25.0 Å². The molecule has 168 valence electrons. The molecule has 4 rings (SSSR count). The minimum Gasteiger partial charge on any atom is -0.484 e. The molecule has 1 saturated heterocycles. The van der Waals surface area contributed by atoms with Crippen LogP contribution < -0.4 is 10.1 Å². The lowest BCUT2D eigenvalue weighted by Gasteiger charge is -2.27. The Morgan fingerprint density at radius 1 is 1.16 bits per heavy atom. The number of carbonyl (C=O) groups excluding carboxylic acids is 2. The number of ether oxygens (including phenoxy) is 2. The van der Waals surface area contributed by atoms with Gasteiger partial charge in [0, 0.05) is 18.1 Å². The van der Waals surface area contributed by atoms with Crippen molar-refractivity contribution in [1.82, 2.24) is 19.8 Å². The van der Waals surface area contributed by atoms with Gasteiger partial charge in [0.1, 0.15) is 18.1 Å². The highest BCUT2D eigenvalue weighted by molar-refractivity contribution is 6.30. The molecule has 32 heavy (non-hydrogen) atoms. The number of benzene rings is 2. The molecule has 1 unspecified atom stereocenters. The number of carbonyl (C=O) groups is 2. The van der Waals surface area contributed by atoms with Gasteiger partial charge in [-0.3, -0.25) is 9.59 Å². The Kier molecular flexibility index (Phi) is 6.92. The molecule has 1 aromatic heterocycles. The zero-order chi connectivity index (χ0) is 22.5. The first-order valence-electron chi connectivity index (χ1n) is 10.5. The topological polar surface area (TPSA) is 85.7 Å². The van der Waals surface area contributed by atoms with Crippen LogP contribution in [0.15, 0.2) is 48.5 Å². The van der Waals surface area contributed by atoms with Crippen molar-refractivity contribution in [3.63, 3.8) is 0 Å². The maximum atomic E-state index is 12.9. The second-order valence-corrected chi connectivity index (χ2v) is 8.01. The van der Waals surface area contributed by atoms with Crippen LogP contribution in [0.2, 0.25) is 5.02 Å². The highest BCUT2D eigenvalue weighted by Gasteiger charge is 2.23. The van der Waals surface area contributed by atoms with Gasteiger partial charge in [-0.1, -0.05) is 23.7 Å². The van der Waals surface area contributed by atoms with E-state index in [2.05, 4.69) is 10.3 Å². The molecule has 1 aliphatic rings. The highest BCUT2D eigenvalue weighted by Crippen LogP contribution is 2.21. The molecule has 2 aromatic carbocycles. The van der Waals surface area contributed by atoms with Crippen molar-refractivity contribution in [1.29, 1.82) is 0 Å². The largest absolute Gasteiger partial charge is 0.484 e. The maximum Gasteiger partial charge on any atom is 0.258 e. The molecule has 3 aromatic rings. The third kappa shape index (κ3) is 5.20. The molecule has 1 N–H and O–H groups in total.